The van der Waals surface area contributed by atoms with Crippen LogP contribution in [0.25, 0.3) is 0 Å². The van der Waals surface area contributed by atoms with Crippen molar-refractivity contribution in [2.45, 2.75) is 6.42 Å². The number of phenols is 1. The Labute approximate surface area is 93.8 Å². The zero-order chi connectivity index (χ0) is 12.0. The molecule has 1 rings (SSSR count). The van der Waals surface area contributed by atoms with Crippen LogP contribution in [0, 0.1) is 11.8 Å². The van der Waals surface area contributed by atoms with Gasteiger partial charge in [0.05, 0.1) is 19.8 Å². The molecule has 1 N–H and O–H groups in total. The highest BCUT2D eigenvalue weighted by Crippen LogP contribution is 2.21. The first-order valence-electron chi connectivity index (χ1n) is 4.60. The number of carbonyl (C=O) groups excluding carboxylic acids is 1. The number of ether oxygens (including phenoxy) is 2. The van der Waals surface area contributed by atoms with E-state index in [0.29, 0.717) is 11.3 Å². The summed E-state index contributed by atoms with van der Waals surface area (Å²) in [6, 6.07) is 4.71. The lowest BCUT2D eigenvalue weighted by atomic mass is 10.2. The highest BCUT2D eigenvalue weighted by atomic mass is 16.5. The third-order valence-corrected chi connectivity index (χ3v) is 1.89. The third-order valence-electron chi connectivity index (χ3n) is 1.89. The van der Waals surface area contributed by atoms with Crippen molar-refractivity contribution in [2.24, 2.45) is 0 Å². The molecule has 0 aliphatic heterocycles. The Bertz CT molecular complexity index is 440. The summed E-state index contributed by atoms with van der Waals surface area (Å²) in [7, 11) is 2.82. The summed E-state index contributed by atoms with van der Waals surface area (Å²) >= 11 is 0. The monoisotopic (exact) mass is 220 g/mol. The zero-order valence-electron chi connectivity index (χ0n) is 9.11. The van der Waals surface area contributed by atoms with Gasteiger partial charge in [0, 0.05) is 0 Å². The summed E-state index contributed by atoms with van der Waals surface area (Å²) < 4.78 is 9.42. The molecular formula is C12H12O4. The molecule has 0 amide bonds. The number of hydrogen-bond acceptors (Lipinski definition) is 4. The maximum absolute atomic E-state index is 10.8. The van der Waals surface area contributed by atoms with Crippen LogP contribution in [0.4, 0.5) is 0 Å². The second-order valence-corrected chi connectivity index (χ2v) is 2.94. The zero-order valence-corrected chi connectivity index (χ0v) is 9.11. The Balaban J connectivity index is 2.83. The largest absolute Gasteiger partial charge is 0.507 e. The van der Waals surface area contributed by atoms with Gasteiger partial charge in [0.1, 0.15) is 17.9 Å². The van der Waals surface area contributed by atoms with Crippen molar-refractivity contribution in [2.75, 3.05) is 14.2 Å². The highest BCUT2D eigenvalue weighted by molar-refractivity contribution is 5.72. The predicted molar refractivity (Wildman–Crippen MR) is 58.2 cm³/mol. The van der Waals surface area contributed by atoms with Crippen molar-refractivity contribution in [1.29, 1.82) is 0 Å². The maximum Gasteiger partial charge on any atom is 0.317 e. The van der Waals surface area contributed by atoms with Crippen LogP contribution < -0.4 is 4.74 Å². The number of carbonyl (C=O) groups is 1. The topological polar surface area (TPSA) is 55.8 Å². The van der Waals surface area contributed by atoms with E-state index in [1.807, 2.05) is 0 Å². The maximum atomic E-state index is 10.8. The Hall–Kier alpha value is -2.15. The standard InChI is InChI=1S/C12H12O4/c1-15-10-6-7-11(13)9(8-10)4-3-5-12(14)16-2/h6-8,13H,5H2,1-2H3. The first-order chi connectivity index (χ1) is 7.67. The molecule has 0 atom stereocenters. The molecule has 0 unspecified atom stereocenters. The van der Waals surface area contributed by atoms with Crippen molar-refractivity contribution in [3.8, 4) is 23.3 Å². The van der Waals surface area contributed by atoms with E-state index >= 15 is 0 Å². The Morgan fingerprint density at radius 2 is 2.19 bits per heavy atom. The quantitative estimate of drug-likeness (QED) is 0.603. The van der Waals surface area contributed by atoms with Gasteiger partial charge in [0.25, 0.3) is 0 Å². The molecule has 0 spiro atoms. The number of rotatable bonds is 2. The summed E-state index contributed by atoms with van der Waals surface area (Å²) in [5.41, 5.74) is 0.420. The first-order valence-corrected chi connectivity index (χ1v) is 4.60. The number of aromatic hydroxyl groups is 1. The Kier molecular flexibility index (Phi) is 4.22. The smallest absolute Gasteiger partial charge is 0.317 e. The fourth-order valence-corrected chi connectivity index (χ4v) is 1.03. The molecular weight excluding hydrogens is 208 g/mol. The van der Waals surface area contributed by atoms with Gasteiger partial charge in [-0.05, 0) is 18.2 Å². The van der Waals surface area contributed by atoms with E-state index < -0.39 is 5.97 Å². The fourth-order valence-electron chi connectivity index (χ4n) is 1.03. The van der Waals surface area contributed by atoms with Gasteiger partial charge in [0.2, 0.25) is 0 Å². The normalized spacial score (nSPS) is 8.88. The molecule has 0 bridgehead atoms. The first kappa shape index (κ1) is 11.9. The van der Waals surface area contributed by atoms with Crippen molar-refractivity contribution < 1.29 is 19.4 Å². The van der Waals surface area contributed by atoms with Crippen LogP contribution in [0.15, 0.2) is 18.2 Å². The van der Waals surface area contributed by atoms with Gasteiger partial charge < -0.3 is 14.6 Å². The molecule has 0 saturated heterocycles. The van der Waals surface area contributed by atoms with Gasteiger partial charge in [-0.1, -0.05) is 11.8 Å². The van der Waals surface area contributed by atoms with Gasteiger partial charge in [-0.25, -0.2) is 0 Å². The van der Waals surface area contributed by atoms with E-state index in [0.717, 1.165) is 0 Å². The van der Waals surface area contributed by atoms with Crippen molar-refractivity contribution in [3.05, 3.63) is 23.8 Å². The van der Waals surface area contributed by atoms with Crippen molar-refractivity contribution in [3.63, 3.8) is 0 Å². The SMILES string of the molecule is COC(=O)CC#Cc1cc(OC)ccc1O. The summed E-state index contributed by atoms with van der Waals surface area (Å²) in [5.74, 6) is 5.52. The highest BCUT2D eigenvalue weighted by Gasteiger charge is 2.00. The van der Waals surface area contributed by atoms with Crippen LogP contribution in [0.3, 0.4) is 0 Å². The molecule has 1 aromatic rings. The number of benzene rings is 1. The molecule has 0 saturated carbocycles. The van der Waals surface area contributed by atoms with E-state index in [2.05, 4.69) is 16.6 Å². The molecule has 1 aromatic carbocycles. The Morgan fingerprint density at radius 1 is 1.44 bits per heavy atom. The second-order valence-electron chi connectivity index (χ2n) is 2.94. The molecule has 4 heteroatoms. The van der Waals surface area contributed by atoms with Crippen LogP contribution >= 0.6 is 0 Å². The van der Waals surface area contributed by atoms with Crippen LogP contribution in [-0.4, -0.2) is 25.3 Å². The fraction of sp³-hybridized carbons (Fsp3) is 0.250. The summed E-state index contributed by atoms with van der Waals surface area (Å²) in [5, 5.41) is 9.48. The molecule has 16 heavy (non-hydrogen) atoms. The lowest BCUT2D eigenvalue weighted by molar-refractivity contribution is -0.139. The molecule has 0 aliphatic rings. The van der Waals surface area contributed by atoms with E-state index in [4.69, 9.17) is 4.74 Å². The number of esters is 1. The third kappa shape index (κ3) is 3.21. The van der Waals surface area contributed by atoms with E-state index in [9.17, 15) is 9.90 Å². The van der Waals surface area contributed by atoms with Gasteiger partial charge in [-0.15, -0.1) is 0 Å². The van der Waals surface area contributed by atoms with Gasteiger partial charge in [-0.3, -0.25) is 4.79 Å². The molecule has 0 heterocycles. The Morgan fingerprint density at radius 3 is 2.81 bits per heavy atom. The minimum absolute atomic E-state index is 0.00680. The second kappa shape index (κ2) is 5.66. The molecule has 0 aliphatic carbocycles. The summed E-state index contributed by atoms with van der Waals surface area (Å²) in [6.07, 6.45) is -0.00680. The van der Waals surface area contributed by atoms with Crippen molar-refractivity contribution >= 4 is 5.97 Å². The van der Waals surface area contributed by atoms with Gasteiger partial charge in [0.15, 0.2) is 0 Å². The molecule has 0 aromatic heterocycles. The molecule has 0 radical (unpaired) electrons. The number of methoxy groups -OCH3 is 2. The summed E-state index contributed by atoms with van der Waals surface area (Å²) in [6.45, 7) is 0. The van der Waals surface area contributed by atoms with Crippen molar-refractivity contribution in [1.82, 2.24) is 0 Å². The average molecular weight is 220 g/mol. The molecule has 84 valence electrons. The summed E-state index contributed by atoms with van der Waals surface area (Å²) in [4.78, 5) is 10.8. The van der Waals surface area contributed by atoms with Crippen LogP contribution in [0.1, 0.15) is 12.0 Å². The van der Waals surface area contributed by atoms with Crippen LogP contribution in [0.2, 0.25) is 0 Å². The van der Waals surface area contributed by atoms with Crippen LogP contribution in [0.5, 0.6) is 11.5 Å². The molecule has 0 fully saturated rings. The average Bonchev–Trinajstić information content (AvgIpc) is 2.31. The van der Waals surface area contributed by atoms with E-state index in [-0.39, 0.29) is 12.2 Å². The lowest BCUT2D eigenvalue weighted by Gasteiger charge is -2.01. The van der Waals surface area contributed by atoms with E-state index in [1.54, 1.807) is 12.1 Å². The number of hydrogen-bond donors (Lipinski definition) is 1. The van der Waals surface area contributed by atoms with Gasteiger partial charge in [-0.2, -0.15) is 0 Å². The molecule has 4 nitrogen and oxygen atoms in total. The minimum Gasteiger partial charge on any atom is -0.507 e. The lowest BCUT2D eigenvalue weighted by Crippen LogP contribution is -1.97. The van der Waals surface area contributed by atoms with Crippen LogP contribution in [-0.2, 0) is 9.53 Å². The van der Waals surface area contributed by atoms with Gasteiger partial charge >= 0.3 is 5.97 Å². The predicted octanol–water partition coefficient (Wildman–Crippen LogP) is 1.32. The van der Waals surface area contributed by atoms with E-state index in [1.165, 1.54) is 20.3 Å². The number of phenolic OH excluding ortho intramolecular Hbond substituents is 1. The minimum atomic E-state index is -0.408.